The first-order chi connectivity index (χ1) is 8.55. The zero-order chi connectivity index (χ0) is 13.6. The normalized spacial score (nSPS) is 11.3. The van der Waals surface area contributed by atoms with Gasteiger partial charge in [0.2, 0.25) is 5.91 Å². The molecule has 0 spiro atoms. The summed E-state index contributed by atoms with van der Waals surface area (Å²) in [4.78, 5) is 11.7. The highest BCUT2D eigenvalue weighted by Gasteiger charge is 2.29. The summed E-state index contributed by atoms with van der Waals surface area (Å²) in [6.45, 7) is -1.66. The molecule has 6 nitrogen and oxygen atoms in total. The molecule has 18 heavy (non-hydrogen) atoms. The number of benzene rings is 1. The van der Waals surface area contributed by atoms with E-state index < -0.39 is 31.3 Å². The fourth-order valence-electron chi connectivity index (χ4n) is 1.41. The number of phenols is 1. The molecule has 0 aromatic heterocycles. The van der Waals surface area contributed by atoms with Crippen molar-refractivity contribution in [2.45, 2.75) is 12.0 Å². The molecule has 1 aromatic rings. The first-order valence-corrected chi connectivity index (χ1v) is 5.47. The lowest BCUT2D eigenvalue weighted by molar-refractivity contribution is -0.124. The van der Waals surface area contributed by atoms with E-state index in [1.165, 1.54) is 12.1 Å². The van der Waals surface area contributed by atoms with E-state index in [1.807, 2.05) is 0 Å². The van der Waals surface area contributed by atoms with Gasteiger partial charge in [-0.2, -0.15) is 0 Å². The minimum absolute atomic E-state index is 0.0298. The van der Waals surface area contributed by atoms with Gasteiger partial charge in [-0.05, 0) is 17.7 Å². The van der Waals surface area contributed by atoms with E-state index in [0.717, 1.165) is 0 Å². The topological polar surface area (TPSA) is 110 Å². The van der Waals surface area contributed by atoms with Crippen molar-refractivity contribution in [2.75, 3.05) is 19.8 Å². The largest absolute Gasteiger partial charge is 0.508 e. The standard InChI is InChI=1S/C12H17NO5/c14-6-12(7-15,8-16)13-11(18)5-9-1-3-10(17)4-2-9/h1-4,14-17H,5-8H2,(H,13,18). The zero-order valence-corrected chi connectivity index (χ0v) is 9.83. The van der Waals surface area contributed by atoms with Crippen LogP contribution in [0.5, 0.6) is 5.75 Å². The Morgan fingerprint density at radius 2 is 1.56 bits per heavy atom. The van der Waals surface area contributed by atoms with Crippen LogP contribution in [0.1, 0.15) is 5.56 Å². The summed E-state index contributed by atoms with van der Waals surface area (Å²) in [6, 6.07) is 6.10. The molecular formula is C12H17NO5. The second-order valence-corrected chi connectivity index (χ2v) is 4.15. The van der Waals surface area contributed by atoms with Gasteiger partial charge in [-0.15, -0.1) is 0 Å². The molecule has 0 saturated heterocycles. The van der Waals surface area contributed by atoms with Crippen LogP contribution < -0.4 is 5.32 Å². The van der Waals surface area contributed by atoms with E-state index in [1.54, 1.807) is 12.1 Å². The summed E-state index contributed by atoms with van der Waals surface area (Å²) >= 11 is 0. The summed E-state index contributed by atoms with van der Waals surface area (Å²) in [6.07, 6.45) is 0.0298. The number of aromatic hydroxyl groups is 1. The van der Waals surface area contributed by atoms with Crippen LogP contribution in [-0.4, -0.2) is 51.7 Å². The molecule has 0 atom stereocenters. The Bertz CT molecular complexity index is 378. The quantitative estimate of drug-likeness (QED) is 0.437. The maximum absolute atomic E-state index is 11.7. The average molecular weight is 255 g/mol. The van der Waals surface area contributed by atoms with Crippen molar-refractivity contribution in [1.82, 2.24) is 5.32 Å². The summed E-state index contributed by atoms with van der Waals surface area (Å²) in [5, 5.41) is 38.7. The number of hydrogen-bond donors (Lipinski definition) is 5. The van der Waals surface area contributed by atoms with Gasteiger partial charge in [0.25, 0.3) is 0 Å². The summed E-state index contributed by atoms with van der Waals surface area (Å²) in [5.41, 5.74) is -0.735. The number of aliphatic hydroxyl groups excluding tert-OH is 3. The first-order valence-electron chi connectivity index (χ1n) is 5.47. The van der Waals surface area contributed by atoms with Gasteiger partial charge in [0.15, 0.2) is 0 Å². The van der Waals surface area contributed by atoms with Crippen molar-refractivity contribution in [3.05, 3.63) is 29.8 Å². The van der Waals surface area contributed by atoms with Gasteiger partial charge in [0.05, 0.1) is 26.2 Å². The van der Waals surface area contributed by atoms with Gasteiger partial charge in [-0.25, -0.2) is 0 Å². The van der Waals surface area contributed by atoms with Crippen molar-refractivity contribution in [1.29, 1.82) is 0 Å². The molecule has 0 aliphatic rings. The first kappa shape index (κ1) is 14.4. The number of phenolic OH excluding ortho intramolecular Hbond substituents is 1. The van der Waals surface area contributed by atoms with Crippen LogP contribution in [0.4, 0.5) is 0 Å². The van der Waals surface area contributed by atoms with E-state index in [0.29, 0.717) is 5.56 Å². The highest BCUT2D eigenvalue weighted by molar-refractivity contribution is 5.79. The molecule has 6 heteroatoms. The molecule has 0 fully saturated rings. The molecule has 1 aromatic carbocycles. The molecule has 0 aliphatic carbocycles. The lowest BCUT2D eigenvalue weighted by atomic mass is 10.0. The maximum atomic E-state index is 11.7. The van der Waals surface area contributed by atoms with Crippen LogP contribution in [-0.2, 0) is 11.2 Å². The minimum atomic E-state index is -1.41. The molecule has 0 aliphatic heterocycles. The van der Waals surface area contributed by atoms with Crippen LogP contribution >= 0.6 is 0 Å². The molecule has 0 radical (unpaired) electrons. The third-order valence-corrected chi connectivity index (χ3v) is 2.61. The summed E-state index contributed by atoms with van der Waals surface area (Å²) in [5.74, 6) is -0.326. The van der Waals surface area contributed by atoms with Crippen LogP contribution in [0.15, 0.2) is 24.3 Å². The summed E-state index contributed by atoms with van der Waals surface area (Å²) < 4.78 is 0. The SMILES string of the molecule is O=C(Cc1ccc(O)cc1)NC(CO)(CO)CO. The monoisotopic (exact) mass is 255 g/mol. The van der Waals surface area contributed by atoms with Gasteiger partial charge < -0.3 is 25.7 Å². The highest BCUT2D eigenvalue weighted by atomic mass is 16.3. The molecule has 0 unspecified atom stereocenters. The third-order valence-electron chi connectivity index (χ3n) is 2.61. The molecular weight excluding hydrogens is 238 g/mol. The fraction of sp³-hybridized carbons (Fsp3) is 0.417. The number of carbonyl (C=O) groups excluding carboxylic acids is 1. The fourth-order valence-corrected chi connectivity index (χ4v) is 1.41. The Morgan fingerprint density at radius 3 is 2.00 bits per heavy atom. The van der Waals surface area contributed by atoms with Crippen LogP contribution in [0.25, 0.3) is 0 Å². The molecule has 0 bridgehead atoms. The molecule has 5 N–H and O–H groups in total. The highest BCUT2D eigenvalue weighted by Crippen LogP contribution is 2.10. The summed E-state index contributed by atoms with van der Waals surface area (Å²) in [7, 11) is 0. The molecule has 0 saturated carbocycles. The van der Waals surface area contributed by atoms with Gasteiger partial charge in [0, 0.05) is 0 Å². The predicted octanol–water partition coefficient (Wildman–Crippen LogP) is -1.23. The lowest BCUT2D eigenvalue weighted by Gasteiger charge is -2.28. The number of amides is 1. The minimum Gasteiger partial charge on any atom is -0.508 e. The number of nitrogens with one attached hydrogen (secondary N) is 1. The Labute approximate surface area is 105 Å². The van der Waals surface area contributed by atoms with Gasteiger partial charge in [-0.3, -0.25) is 4.79 Å². The van der Waals surface area contributed by atoms with E-state index in [-0.39, 0.29) is 12.2 Å². The van der Waals surface area contributed by atoms with E-state index in [4.69, 9.17) is 20.4 Å². The van der Waals surface area contributed by atoms with Crippen molar-refractivity contribution < 1.29 is 25.2 Å². The smallest absolute Gasteiger partial charge is 0.225 e. The van der Waals surface area contributed by atoms with Gasteiger partial charge in [-0.1, -0.05) is 12.1 Å². The second-order valence-electron chi connectivity index (χ2n) is 4.15. The van der Waals surface area contributed by atoms with E-state index in [9.17, 15) is 4.79 Å². The van der Waals surface area contributed by atoms with Crippen molar-refractivity contribution >= 4 is 5.91 Å². The molecule has 1 rings (SSSR count). The van der Waals surface area contributed by atoms with Gasteiger partial charge >= 0.3 is 0 Å². The Kier molecular flexibility index (Phi) is 5.08. The van der Waals surface area contributed by atoms with Crippen molar-refractivity contribution in [2.24, 2.45) is 0 Å². The second kappa shape index (κ2) is 6.34. The van der Waals surface area contributed by atoms with Crippen LogP contribution in [0.2, 0.25) is 0 Å². The number of carbonyl (C=O) groups is 1. The Morgan fingerprint density at radius 1 is 1.06 bits per heavy atom. The van der Waals surface area contributed by atoms with Crippen LogP contribution in [0.3, 0.4) is 0 Å². The lowest BCUT2D eigenvalue weighted by Crippen LogP contribution is -2.57. The maximum Gasteiger partial charge on any atom is 0.225 e. The number of aliphatic hydroxyl groups is 3. The predicted molar refractivity (Wildman–Crippen MR) is 63.9 cm³/mol. The van der Waals surface area contributed by atoms with Crippen molar-refractivity contribution in [3.63, 3.8) is 0 Å². The zero-order valence-electron chi connectivity index (χ0n) is 9.83. The molecule has 1 amide bonds. The Balaban J connectivity index is 2.63. The third kappa shape index (κ3) is 3.69. The van der Waals surface area contributed by atoms with Gasteiger partial charge in [0.1, 0.15) is 11.3 Å². The number of rotatable bonds is 6. The van der Waals surface area contributed by atoms with E-state index >= 15 is 0 Å². The van der Waals surface area contributed by atoms with Crippen molar-refractivity contribution in [3.8, 4) is 5.75 Å². The van der Waals surface area contributed by atoms with E-state index in [2.05, 4.69) is 5.32 Å². The average Bonchev–Trinajstić information content (AvgIpc) is 2.39. The number of hydrogen-bond acceptors (Lipinski definition) is 5. The van der Waals surface area contributed by atoms with Crippen LogP contribution in [0, 0.1) is 0 Å². The molecule has 0 heterocycles. The Hall–Kier alpha value is -1.63. The molecule has 100 valence electrons.